The standard InChI is InChI=1S/C12H10BrN3O/c13-9-4-6-10(7-5-9)16(12(14)17)11-3-1-2-8-15-11/h1-8H,(H2,14,17). The first kappa shape index (κ1) is 11.6. The minimum Gasteiger partial charge on any atom is -0.351 e. The second-order valence-corrected chi connectivity index (χ2v) is 4.25. The molecule has 0 atom stereocenters. The van der Waals surface area contributed by atoms with E-state index >= 15 is 0 Å². The summed E-state index contributed by atoms with van der Waals surface area (Å²) in [6, 6.07) is 12.0. The van der Waals surface area contributed by atoms with Gasteiger partial charge in [-0.2, -0.15) is 0 Å². The highest BCUT2D eigenvalue weighted by Gasteiger charge is 2.15. The molecule has 0 aliphatic carbocycles. The van der Waals surface area contributed by atoms with Crippen molar-refractivity contribution in [1.82, 2.24) is 4.98 Å². The van der Waals surface area contributed by atoms with Crippen molar-refractivity contribution in [3.8, 4) is 0 Å². The molecule has 1 heterocycles. The first-order valence-corrected chi connectivity index (χ1v) is 5.74. The van der Waals surface area contributed by atoms with Gasteiger partial charge in [-0.15, -0.1) is 0 Å². The number of carbonyl (C=O) groups is 1. The fourth-order valence-corrected chi connectivity index (χ4v) is 1.71. The summed E-state index contributed by atoms with van der Waals surface area (Å²) in [6.45, 7) is 0. The van der Waals surface area contributed by atoms with Crippen LogP contribution in [0, 0.1) is 0 Å². The van der Waals surface area contributed by atoms with E-state index in [1.807, 2.05) is 12.1 Å². The molecular weight excluding hydrogens is 282 g/mol. The molecule has 1 aromatic carbocycles. The largest absolute Gasteiger partial charge is 0.351 e. The first-order valence-electron chi connectivity index (χ1n) is 4.94. The molecule has 0 spiro atoms. The third kappa shape index (κ3) is 2.62. The zero-order valence-corrected chi connectivity index (χ0v) is 10.5. The number of hydrogen-bond donors (Lipinski definition) is 1. The summed E-state index contributed by atoms with van der Waals surface area (Å²) in [5, 5.41) is 0. The molecule has 0 aliphatic heterocycles. The zero-order chi connectivity index (χ0) is 12.3. The minimum atomic E-state index is -0.564. The Kier molecular flexibility index (Phi) is 3.39. The van der Waals surface area contributed by atoms with Gasteiger partial charge in [-0.1, -0.05) is 22.0 Å². The van der Waals surface area contributed by atoms with Gasteiger partial charge < -0.3 is 5.73 Å². The van der Waals surface area contributed by atoms with Gasteiger partial charge in [-0.25, -0.2) is 14.7 Å². The lowest BCUT2D eigenvalue weighted by molar-refractivity contribution is 0.256. The molecule has 17 heavy (non-hydrogen) atoms. The van der Waals surface area contributed by atoms with Crippen molar-refractivity contribution in [2.45, 2.75) is 0 Å². The van der Waals surface area contributed by atoms with Crippen LogP contribution in [-0.4, -0.2) is 11.0 Å². The fourth-order valence-electron chi connectivity index (χ4n) is 1.45. The number of carbonyl (C=O) groups excluding carboxylic acids is 1. The van der Waals surface area contributed by atoms with Crippen molar-refractivity contribution < 1.29 is 4.79 Å². The molecule has 0 aliphatic rings. The minimum absolute atomic E-state index is 0.502. The normalized spacial score (nSPS) is 9.94. The highest BCUT2D eigenvalue weighted by molar-refractivity contribution is 9.10. The van der Waals surface area contributed by atoms with Crippen LogP contribution < -0.4 is 10.6 Å². The zero-order valence-electron chi connectivity index (χ0n) is 8.88. The number of urea groups is 1. The van der Waals surface area contributed by atoms with Crippen molar-refractivity contribution in [2.24, 2.45) is 5.73 Å². The number of amides is 2. The Morgan fingerprint density at radius 3 is 2.41 bits per heavy atom. The maximum absolute atomic E-state index is 11.5. The Bertz CT molecular complexity index is 513. The van der Waals surface area contributed by atoms with Crippen molar-refractivity contribution in [3.05, 3.63) is 53.1 Å². The molecule has 4 nitrogen and oxygen atoms in total. The molecule has 2 N–H and O–H groups in total. The van der Waals surface area contributed by atoms with Gasteiger partial charge in [0, 0.05) is 10.7 Å². The fraction of sp³-hybridized carbons (Fsp3) is 0. The Morgan fingerprint density at radius 1 is 1.18 bits per heavy atom. The highest BCUT2D eigenvalue weighted by atomic mass is 79.9. The maximum Gasteiger partial charge on any atom is 0.325 e. The van der Waals surface area contributed by atoms with Crippen molar-refractivity contribution in [2.75, 3.05) is 4.90 Å². The number of nitrogens with two attached hydrogens (primary N) is 1. The van der Waals surface area contributed by atoms with Gasteiger partial charge in [0.2, 0.25) is 0 Å². The van der Waals surface area contributed by atoms with E-state index in [0.717, 1.165) is 4.47 Å². The van der Waals surface area contributed by atoms with E-state index in [1.165, 1.54) is 4.90 Å². The molecule has 86 valence electrons. The van der Waals surface area contributed by atoms with Crippen LogP contribution in [0.5, 0.6) is 0 Å². The van der Waals surface area contributed by atoms with Crippen molar-refractivity contribution in [3.63, 3.8) is 0 Å². The molecule has 0 unspecified atom stereocenters. The molecule has 2 amide bonds. The lowest BCUT2D eigenvalue weighted by Gasteiger charge is -2.19. The summed E-state index contributed by atoms with van der Waals surface area (Å²) in [6.07, 6.45) is 1.62. The number of anilines is 2. The second-order valence-electron chi connectivity index (χ2n) is 3.34. The number of rotatable bonds is 2. The first-order chi connectivity index (χ1) is 8.18. The molecule has 0 saturated carbocycles. The summed E-state index contributed by atoms with van der Waals surface area (Å²) in [5.74, 6) is 0.502. The number of primary amides is 1. The van der Waals surface area contributed by atoms with Gasteiger partial charge in [0.15, 0.2) is 0 Å². The van der Waals surface area contributed by atoms with Crippen LogP contribution in [0.25, 0.3) is 0 Å². The van der Waals surface area contributed by atoms with E-state index in [2.05, 4.69) is 20.9 Å². The van der Waals surface area contributed by atoms with Gasteiger partial charge in [0.05, 0.1) is 5.69 Å². The van der Waals surface area contributed by atoms with Crippen LogP contribution >= 0.6 is 15.9 Å². The molecule has 0 saturated heterocycles. The Balaban J connectivity index is 2.43. The van der Waals surface area contributed by atoms with Gasteiger partial charge in [-0.05, 0) is 36.4 Å². The molecule has 1 aromatic heterocycles. The smallest absolute Gasteiger partial charge is 0.325 e. The molecule has 0 bridgehead atoms. The lowest BCUT2D eigenvalue weighted by atomic mass is 10.3. The van der Waals surface area contributed by atoms with Crippen LogP contribution in [0.15, 0.2) is 53.1 Å². The maximum atomic E-state index is 11.5. The van der Waals surface area contributed by atoms with Crippen molar-refractivity contribution in [1.29, 1.82) is 0 Å². The van der Waals surface area contributed by atoms with Crippen LogP contribution in [0.3, 0.4) is 0 Å². The number of aromatic nitrogens is 1. The predicted octanol–water partition coefficient (Wildman–Crippen LogP) is 3.06. The third-order valence-corrected chi connectivity index (χ3v) is 2.71. The van der Waals surface area contributed by atoms with E-state index in [4.69, 9.17) is 5.73 Å². The van der Waals surface area contributed by atoms with E-state index in [-0.39, 0.29) is 0 Å². The second kappa shape index (κ2) is 4.97. The van der Waals surface area contributed by atoms with Crippen LogP contribution in [-0.2, 0) is 0 Å². The summed E-state index contributed by atoms with van der Waals surface area (Å²) in [5.41, 5.74) is 6.05. The van der Waals surface area contributed by atoms with Gasteiger partial charge in [0.1, 0.15) is 5.82 Å². The molecular formula is C12H10BrN3O. The molecule has 2 rings (SSSR count). The summed E-state index contributed by atoms with van der Waals surface area (Å²) in [4.78, 5) is 16.9. The average Bonchev–Trinajstić information content (AvgIpc) is 2.33. The third-order valence-electron chi connectivity index (χ3n) is 2.18. The van der Waals surface area contributed by atoms with Crippen molar-refractivity contribution >= 4 is 33.5 Å². The number of halogens is 1. The SMILES string of the molecule is NC(=O)N(c1ccc(Br)cc1)c1ccccn1. The van der Waals surface area contributed by atoms with Crippen LogP contribution in [0.1, 0.15) is 0 Å². The molecule has 2 aromatic rings. The van der Waals surface area contributed by atoms with Gasteiger partial charge >= 0.3 is 6.03 Å². The van der Waals surface area contributed by atoms with E-state index in [1.54, 1.807) is 36.5 Å². The average molecular weight is 292 g/mol. The summed E-state index contributed by atoms with van der Waals surface area (Å²) < 4.78 is 0.937. The summed E-state index contributed by atoms with van der Waals surface area (Å²) >= 11 is 3.34. The van der Waals surface area contributed by atoms with E-state index in [9.17, 15) is 4.79 Å². The van der Waals surface area contributed by atoms with E-state index < -0.39 is 6.03 Å². The van der Waals surface area contributed by atoms with Crippen LogP contribution in [0.4, 0.5) is 16.3 Å². The molecule has 5 heteroatoms. The Labute approximate surface area is 107 Å². The summed E-state index contributed by atoms with van der Waals surface area (Å²) in [7, 11) is 0. The monoisotopic (exact) mass is 291 g/mol. The number of pyridine rings is 1. The molecule has 0 radical (unpaired) electrons. The quantitative estimate of drug-likeness (QED) is 0.924. The van der Waals surface area contributed by atoms with E-state index in [0.29, 0.717) is 11.5 Å². The van der Waals surface area contributed by atoms with Gasteiger partial charge in [0.25, 0.3) is 0 Å². The number of hydrogen-bond acceptors (Lipinski definition) is 2. The number of nitrogens with zero attached hydrogens (tertiary/aromatic N) is 2. The van der Waals surface area contributed by atoms with Crippen LogP contribution in [0.2, 0.25) is 0 Å². The predicted molar refractivity (Wildman–Crippen MR) is 70.1 cm³/mol. The molecule has 0 fully saturated rings. The highest BCUT2D eigenvalue weighted by Crippen LogP contribution is 2.24. The Hall–Kier alpha value is -1.88. The Morgan fingerprint density at radius 2 is 1.88 bits per heavy atom. The van der Waals surface area contributed by atoms with Gasteiger partial charge in [-0.3, -0.25) is 0 Å². The lowest BCUT2D eigenvalue weighted by Crippen LogP contribution is -2.31. The number of benzene rings is 1. The topological polar surface area (TPSA) is 59.2 Å².